The van der Waals surface area contributed by atoms with Crippen molar-refractivity contribution >= 4 is 23.5 Å². The molecule has 0 bridgehead atoms. The number of carbonyl (C=O) groups excluding carboxylic acids is 2. The Balaban J connectivity index is 1.85. The molecule has 3 N–H and O–H groups in total. The van der Waals surface area contributed by atoms with Crippen molar-refractivity contribution in [1.82, 2.24) is 5.32 Å². The summed E-state index contributed by atoms with van der Waals surface area (Å²) in [7, 11) is 0. The second kappa shape index (κ2) is 9.17. The van der Waals surface area contributed by atoms with Gasteiger partial charge in [-0.15, -0.1) is 0 Å². The van der Waals surface area contributed by atoms with E-state index in [1.807, 2.05) is 12.1 Å². The molecule has 0 aliphatic heterocycles. The summed E-state index contributed by atoms with van der Waals surface area (Å²) in [5.74, 6) is -1.49. The maximum absolute atomic E-state index is 12.2. The Morgan fingerprint density at radius 2 is 1.61 bits per heavy atom. The Kier molecular flexibility index (Phi) is 6.93. The summed E-state index contributed by atoms with van der Waals surface area (Å²) in [5.41, 5.74) is 2.71. The molecule has 2 aromatic carbocycles. The van der Waals surface area contributed by atoms with E-state index in [2.05, 4.69) is 31.4 Å². The lowest BCUT2D eigenvalue weighted by atomic mass is 9.87. The van der Waals surface area contributed by atoms with E-state index < -0.39 is 5.97 Å². The molecule has 0 unspecified atom stereocenters. The number of amides is 2. The van der Waals surface area contributed by atoms with Crippen molar-refractivity contribution in [3.63, 3.8) is 0 Å². The first kappa shape index (κ1) is 21.2. The Hall–Kier alpha value is -3.15. The van der Waals surface area contributed by atoms with Crippen LogP contribution in [0.2, 0.25) is 0 Å². The van der Waals surface area contributed by atoms with Crippen LogP contribution in [0.1, 0.15) is 48.7 Å². The van der Waals surface area contributed by atoms with Crippen molar-refractivity contribution in [1.29, 1.82) is 0 Å². The number of carboxylic acids is 1. The predicted molar refractivity (Wildman–Crippen MR) is 109 cm³/mol. The van der Waals surface area contributed by atoms with Crippen LogP contribution in [-0.4, -0.2) is 29.4 Å². The SMILES string of the molecule is CC(C)(C)c1ccc(C(=O)NCCC(=O)Nc2ccccc2CC(=O)O)cc1. The third-order valence-electron chi connectivity index (χ3n) is 4.28. The monoisotopic (exact) mass is 382 g/mol. The molecule has 148 valence electrons. The zero-order chi connectivity index (χ0) is 20.7. The highest BCUT2D eigenvalue weighted by molar-refractivity contribution is 5.95. The van der Waals surface area contributed by atoms with E-state index in [1.54, 1.807) is 36.4 Å². The largest absolute Gasteiger partial charge is 0.481 e. The number of carboxylic acid groups (broad SMARTS) is 1. The summed E-state index contributed by atoms with van der Waals surface area (Å²) in [6.07, 6.45) is -0.0784. The zero-order valence-electron chi connectivity index (χ0n) is 16.4. The normalized spacial score (nSPS) is 11.0. The highest BCUT2D eigenvalue weighted by Crippen LogP contribution is 2.22. The average molecular weight is 382 g/mol. The van der Waals surface area contributed by atoms with Crippen molar-refractivity contribution in [2.45, 2.75) is 39.0 Å². The third-order valence-corrected chi connectivity index (χ3v) is 4.28. The highest BCUT2D eigenvalue weighted by Gasteiger charge is 2.14. The quantitative estimate of drug-likeness (QED) is 0.684. The molecule has 0 radical (unpaired) electrons. The van der Waals surface area contributed by atoms with Crippen molar-refractivity contribution in [2.24, 2.45) is 0 Å². The van der Waals surface area contributed by atoms with Gasteiger partial charge in [0.1, 0.15) is 0 Å². The molecule has 0 aliphatic carbocycles. The minimum absolute atomic E-state index is 0.0179. The molecule has 28 heavy (non-hydrogen) atoms. The summed E-state index contributed by atoms with van der Waals surface area (Å²) < 4.78 is 0. The number of rotatable bonds is 7. The van der Waals surface area contributed by atoms with Gasteiger partial charge in [-0.1, -0.05) is 51.1 Å². The lowest BCUT2D eigenvalue weighted by Crippen LogP contribution is -2.28. The number of anilines is 1. The number of hydrogen-bond acceptors (Lipinski definition) is 3. The number of hydrogen-bond donors (Lipinski definition) is 3. The Morgan fingerprint density at radius 3 is 2.21 bits per heavy atom. The minimum Gasteiger partial charge on any atom is -0.481 e. The Bertz CT molecular complexity index is 852. The van der Waals surface area contributed by atoms with Gasteiger partial charge in [0.05, 0.1) is 6.42 Å². The van der Waals surface area contributed by atoms with E-state index in [0.717, 1.165) is 5.56 Å². The molecule has 0 aliphatic rings. The van der Waals surface area contributed by atoms with E-state index in [9.17, 15) is 14.4 Å². The lowest BCUT2D eigenvalue weighted by Gasteiger charge is -2.19. The zero-order valence-corrected chi connectivity index (χ0v) is 16.4. The van der Waals surface area contributed by atoms with Crippen LogP contribution in [0.25, 0.3) is 0 Å². The molecule has 0 atom stereocenters. The molecule has 0 saturated carbocycles. The number of nitrogens with one attached hydrogen (secondary N) is 2. The average Bonchev–Trinajstić information content (AvgIpc) is 2.62. The van der Waals surface area contributed by atoms with Crippen LogP contribution in [0.3, 0.4) is 0 Å². The first-order valence-corrected chi connectivity index (χ1v) is 9.15. The standard InChI is InChI=1S/C22H26N2O4/c1-22(2,3)17-10-8-15(9-11-17)21(28)23-13-12-19(25)24-18-7-5-4-6-16(18)14-20(26)27/h4-11H,12-14H2,1-3H3,(H,23,28)(H,24,25)(H,26,27). The van der Waals surface area contributed by atoms with Gasteiger partial charge in [-0.05, 0) is 34.7 Å². The number of benzene rings is 2. The Labute approximate surface area is 165 Å². The van der Waals surface area contributed by atoms with Crippen LogP contribution < -0.4 is 10.6 Å². The number of carbonyl (C=O) groups is 3. The summed E-state index contributed by atoms with van der Waals surface area (Å²) in [6.45, 7) is 6.51. The van der Waals surface area contributed by atoms with E-state index in [1.165, 1.54) is 0 Å². The van der Waals surface area contributed by atoms with Crippen molar-refractivity contribution in [2.75, 3.05) is 11.9 Å². The van der Waals surface area contributed by atoms with E-state index in [4.69, 9.17) is 5.11 Å². The maximum atomic E-state index is 12.2. The van der Waals surface area contributed by atoms with Crippen molar-refractivity contribution in [3.05, 3.63) is 65.2 Å². The molecule has 0 heterocycles. The fraction of sp³-hybridized carbons (Fsp3) is 0.318. The third kappa shape index (κ3) is 6.23. The molecular weight excluding hydrogens is 356 g/mol. The van der Waals surface area contributed by atoms with Gasteiger partial charge in [-0.3, -0.25) is 14.4 Å². The number of aliphatic carboxylic acids is 1. The highest BCUT2D eigenvalue weighted by atomic mass is 16.4. The second-order valence-corrected chi connectivity index (χ2v) is 7.61. The summed E-state index contributed by atoms with van der Waals surface area (Å²) in [4.78, 5) is 35.2. The fourth-order valence-corrected chi connectivity index (χ4v) is 2.69. The first-order chi connectivity index (χ1) is 13.2. The van der Waals surface area contributed by atoms with E-state index in [0.29, 0.717) is 16.8 Å². The van der Waals surface area contributed by atoms with Gasteiger partial charge in [0.2, 0.25) is 5.91 Å². The van der Waals surface area contributed by atoms with Gasteiger partial charge in [-0.25, -0.2) is 0 Å². The van der Waals surface area contributed by atoms with Crippen molar-refractivity contribution < 1.29 is 19.5 Å². The van der Waals surface area contributed by atoms with Crippen LogP contribution in [0.15, 0.2) is 48.5 Å². The molecular formula is C22H26N2O4. The smallest absolute Gasteiger partial charge is 0.307 e. The number of para-hydroxylation sites is 1. The van der Waals surface area contributed by atoms with Crippen LogP contribution in [-0.2, 0) is 21.4 Å². The van der Waals surface area contributed by atoms with Gasteiger partial charge < -0.3 is 15.7 Å². The van der Waals surface area contributed by atoms with Crippen molar-refractivity contribution in [3.8, 4) is 0 Å². The van der Waals surface area contributed by atoms with Gasteiger partial charge in [-0.2, -0.15) is 0 Å². The molecule has 0 fully saturated rings. The topological polar surface area (TPSA) is 95.5 Å². The summed E-state index contributed by atoms with van der Waals surface area (Å²) >= 11 is 0. The molecule has 6 nitrogen and oxygen atoms in total. The molecule has 0 spiro atoms. The summed E-state index contributed by atoms with van der Waals surface area (Å²) in [6, 6.07) is 14.2. The molecule has 0 aromatic heterocycles. The summed E-state index contributed by atoms with van der Waals surface area (Å²) in [5, 5.41) is 14.4. The van der Waals surface area contributed by atoms with Crippen LogP contribution in [0.5, 0.6) is 0 Å². The molecule has 2 amide bonds. The van der Waals surface area contributed by atoms with E-state index in [-0.39, 0.29) is 36.6 Å². The van der Waals surface area contributed by atoms with Crippen LogP contribution in [0.4, 0.5) is 5.69 Å². The Morgan fingerprint density at radius 1 is 0.964 bits per heavy atom. The minimum atomic E-state index is -0.966. The molecule has 0 saturated heterocycles. The molecule has 2 aromatic rings. The van der Waals surface area contributed by atoms with Gasteiger partial charge in [0, 0.05) is 24.2 Å². The molecule has 2 rings (SSSR count). The van der Waals surface area contributed by atoms with Gasteiger partial charge in [0.25, 0.3) is 5.91 Å². The van der Waals surface area contributed by atoms with Crippen LogP contribution >= 0.6 is 0 Å². The second-order valence-electron chi connectivity index (χ2n) is 7.61. The van der Waals surface area contributed by atoms with E-state index >= 15 is 0 Å². The van der Waals surface area contributed by atoms with Gasteiger partial charge >= 0.3 is 5.97 Å². The fourth-order valence-electron chi connectivity index (χ4n) is 2.69. The van der Waals surface area contributed by atoms with Crippen LogP contribution in [0, 0.1) is 0 Å². The maximum Gasteiger partial charge on any atom is 0.307 e. The lowest BCUT2D eigenvalue weighted by molar-refractivity contribution is -0.136. The van der Waals surface area contributed by atoms with Gasteiger partial charge in [0.15, 0.2) is 0 Å². The predicted octanol–water partition coefficient (Wildman–Crippen LogP) is 3.37. The first-order valence-electron chi connectivity index (χ1n) is 9.15. The molecule has 6 heteroatoms.